The average Bonchev–Trinajstić information content (AvgIpc) is 3.18. The number of anilines is 2. The Bertz CT molecular complexity index is 962. The molecule has 2 heterocycles. The number of rotatable bonds is 3. The minimum atomic E-state index is -0.102. The molecule has 0 radical (unpaired) electrons. The number of carbonyl (C=O) groups excluding carboxylic acids is 1. The van der Waals surface area contributed by atoms with Gasteiger partial charge in [-0.3, -0.25) is 4.79 Å². The van der Waals surface area contributed by atoms with E-state index in [1.807, 2.05) is 36.4 Å². The number of aromatic nitrogens is 1. The third-order valence-corrected chi connectivity index (χ3v) is 4.67. The molecule has 2 N–H and O–H groups in total. The summed E-state index contributed by atoms with van der Waals surface area (Å²) in [7, 11) is 0. The molecule has 0 atom stereocenters. The molecule has 1 aliphatic heterocycles. The quantitative estimate of drug-likeness (QED) is 0.733. The molecule has 0 spiro atoms. The monoisotopic (exact) mass is 355 g/mol. The summed E-state index contributed by atoms with van der Waals surface area (Å²) in [6, 6.07) is 11.4. The van der Waals surface area contributed by atoms with Gasteiger partial charge in [0.05, 0.1) is 0 Å². The molecule has 25 heavy (non-hydrogen) atoms. The van der Waals surface area contributed by atoms with E-state index in [4.69, 9.17) is 4.42 Å². The van der Waals surface area contributed by atoms with Crippen molar-refractivity contribution in [1.82, 2.24) is 4.98 Å². The fraction of sp³-hybridized carbons (Fsp3) is 0.263. The second-order valence-corrected chi connectivity index (χ2v) is 6.51. The van der Waals surface area contributed by atoms with Gasteiger partial charge in [0.1, 0.15) is 5.52 Å². The predicted octanol–water partition coefficient (Wildman–Crippen LogP) is 4.35. The number of nitrogens with zero attached hydrogens (tertiary/aromatic N) is 1. The molecular formula is C19H18ClN3O2. The second-order valence-electron chi connectivity index (χ2n) is 6.51. The lowest BCUT2D eigenvalue weighted by molar-refractivity contribution is 0.102. The lowest BCUT2D eigenvalue weighted by Gasteiger charge is -2.07. The maximum Gasteiger partial charge on any atom is 0.255 e. The van der Waals surface area contributed by atoms with Crippen molar-refractivity contribution in [3.05, 3.63) is 53.4 Å². The first-order chi connectivity index (χ1) is 11.8. The van der Waals surface area contributed by atoms with Crippen molar-refractivity contribution in [2.75, 3.05) is 17.2 Å². The van der Waals surface area contributed by atoms with Gasteiger partial charge < -0.3 is 15.1 Å². The number of nitrogens with one attached hydrogen (secondary N) is 2. The van der Waals surface area contributed by atoms with Crippen molar-refractivity contribution in [3.8, 4) is 0 Å². The first-order valence-corrected chi connectivity index (χ1v) is 8.35. The van der Waals surface area contributed by atoms with Gasteiger partial charge in [-0.15, -0.1) is 12.4 Å². The van der Waals surface area contributed by atoms with E-state index < -0.39 is 0 Å². The van der Waals surface area contributed by atoms with Gasteiger partial charge in [-0.1, -0.05) is 0 Å². The third-order valence-electron chi connectivity index (χ3n) is 4.67. The number of halogens is 1. The summed E-state index contributed by atoms with van der Waals surface area (Å²) in [6.07, 6.45) is 3.28. The Morgan fingerprint density at radius 1 is 1.20 bits per heavy atom. The van der Waals surface area contributed by atoms with Gasteiger partial charge >= 0.3 is 0 Å². The second kappa shape index (κ2) is 6.08. The van der Waals surface area contributed by atoms with Crippen LogP contribution in [0.4, 0.5) is 11.4 Å². The van der Waals surface area contributed by atoms with Crippen LogP contribution in [0.3, 0.4) is 0 Å². The number of amides is 1. The van der Waals surface area contributed by atoms with Crippen molar-refractivity contribution in [1.29, 1.82) is 0 Å². The van der Waals surface area contributed by atoms with E-state index in [0.717, 1.165) is 54.2 Å². The van der Waals surface area contributed by atoms with E-state index in [0.29, 0.717) is 11.5 Å². The van der Waals surface area contributed by atoms with Crippen LogP contribution in [-0.4, -0.2) is 17.4 Å². The molecule has 5 rings (SSSR count). The zero-order valence-corrected chi connectivity index (χ0v) is 14.4. The van der Waals surface area contributed by atoms with Crippen molar-refractivity contribution >= 4 is 40.8 Å². The molecule has 5 nitrogen and oxygen atoms in total. The molecule has 2 aromatic carbocycles. The first-order valence-electron chi connectivity index (χ1n) is 8.35. The standard InChI is InChI=1S/C19H17N3O2.ClH/c23-18(13-3-5-15-12(9-13)7-8-20-15)21-14-4-6-17-16(10-14)22-19(24-17)11-1-2-11;/h3-6,9-11,20H,1-2,7-8H2,(H,21,23);1H. The van der Waals surface area contributed by atoms with Gasteiger partial charge in [0.25, 0.3) is 5.91 Å². The van der Waals surface area contributed by atoms with Crippen LogP contribution in [0.5, 0.6) is 0 Å². The maximum absolute atomic E-state index is 12.5. The maximum atomic E-state index is 12.5. The van der Waals surface area contributed by atoms with E-state index in [9.17, 15) is 4.79 Å². The van der Waals surface area contributed by atoms with E-state index >= 15 is 0 Å². The fourth-order valence-corrected chi connectivity index (χ4v) is 3.18. The Kier molecular flexibility index (Phi) is 3.88. The van der Waals surface area contributed by atoms with Crippen LogP contribution in [0.15, 0.2) is 40.8 Å². The van der Waals surface area contributed by atoms with E-state index in [2.05, 4.69) is 15.6 Å². The summed E-state index contributed by atoms with van der Waals surface area (Å²) in [6.45, 7) is 0.937. The number of fused-ring (bicyclic) bond motifs is 2. The van der Waals surface area contributed by atoms with Crippen LogP contribution in [-0.2, 0) is 6.42 Å². The minimum absolute atomic E-state index is 0. The van der Waals surface area contributed by atoms with Gasteiger partial charge in [0, 0.05) is 29.4 Å². The molecule has 1 aliphatic carbocycles. The number of hydrogen-bond acceptors (Lipinski definition) is 4. The summed E-state index contributed by atoms with van der Waals surface area (Å²) in [5.74, 6) is 1.20. The van der Waals surface area contributed by atoms with E-state index in [-0.39, 0.29) is 18.3 Å². The molecule has 0 bridgehead atoms. The number of benzene rings is 2. The Balaban J connectivity index is 0.00000157. The van der Waals surface area contributed by atoms with Crippen LogP contribution in [0, 0.1) is 0 Å². The summed E-state index contributed by atoms with van der Waals surface area (Å²) < 4.78 is 5.76. The van der Waals surface area contributed by atoms with Gasteiger partial charge in [-0.2, -0.15) is 0 Å². The predicted molar refractivity (Wildman–Crippen MR) is 99.8 cm³/mol. The lowest BCUT2D eigenvalue weighted by Crippen LogP contribution is -2.12. The molecule has 0 unspecified atom stereocenters. The zero-order valence-electron chi connectivity index (χ0n) is 13.5. The van der Waals surface area contributed by atoms with Crippen LogP contribution >= 0.6 is 12.4 Å². The van der Waals surface area contributed by atoms with Crippen molar-refractivity contribution in [3.63, 3.8) is 0 Å². The number of hydrogen-bond donors (Lipinski definition) is 2. The third kappa shape index (κ3) is 2.96. The van der Waals surface area contributed by atoms with Crippen LogP contribution in [0.25, 0.3) is 11.1 Å². The van der Waals surface area contributed by atoms with Crippen LogP contribution in [0.1, 0.15) is 40.6 Å². The minimum Gasteiger partial charge on any atom is -0.440 e. The molecule has 128 valence electrons. The number of carbonyl (C=O) groups is 1. The highest BCUT2D eigenvalue weighted by Crippen LogP contribution is 2.40. The first kappa shape index (κ1) is 16.0. The highest BCUT2D eigenvalue weighted by molar-refractivity contribution is 6.05. The van der Waals surface area contributed by atoms with E-state index in [1.165, 1.54) is 5.56 Å². The van der Waals surface area contributed by atoms with Gasteiger partial charge in [0.15, 0.2) is 11.5 Å². The zero-order chi connectivity index (χ0) is 16.1. The lowest BCUT2D eigenvalue weighted by atomic mass is 10.1. The summed E-state index contributed by atoms with van der Waals surface area (Å²) >= 11 is 0. The smallest absolute Gasteiger partial charge is 0.255 e. The number of oxazole rings is 1. The van der Waals surface area contributed by atoms with Crippen molar-refractivity contribution < 1.29 is 9.21 Å². The van der Waals surface area contributed by atoms with Crippen LogP contribution in [0.2, 0.25) is 0 Å². The van der Waals surface area contributed by atoms with Gasteiger partial charge in [0.2, 0.25) is 0 Å². The summed E-state index contributed by atoms with van der Waals surface area (Å²) in [5, 5.41) is 6.26. The highest BCUT2D eigenvalue weighted by atomic mass is 35.5. The largest absolute Gasteiger partial charge is 0.440 e. The van der Waals surface area contributed by atoms with Crippen LogP contribution < -0.4 is 10.6 Å². The van der Waals surface area contributed by atoms with Gasteiger partial charge in [-0.05, 0) is 61.2 Å². The van der Waals surface area contributed by atoms with Crippen molar-refractivity contribution in [2.24, 2.45) is 0 Å². The molecular weight excluding hydrogens is 338 g/mol. The molecule has 3 aromatic rings. The summed E-state index contributed by atoms with van der Waals surface area (Å²) in [4.78, 5) is 17.0. The van der Waals surface area contributed by atoms with E-state index in [1.54, 1.807) is 0 Å². The molecule has 2 aliphatic rings. The molecule has 1 fully saturated rings. The molecule has 0 saturated heterocycles. The fourth-order valence-electron chi connectivity index (χ4n) is 3.18. The highest BCUT2D eigenvalue weighted by Gasteiger charge is 2.28. The molecule has 1 amide bonds. The SMILES string of the molecule is Cl.O=C(Nc1ccc2oc(C3CC3)nc2c1)c1ccc2c(c1)CCN2. The Hall–Kier alpha value is -2.53. The Labute approximate surface area is 151 Å². The Morgan fingerprint density at radius 2 is 2.08 bits per heavy atom. The molecule has 1 saturated carbocycles. The summed E-state index contributed by atoms with van der Waals surface area (Å²) in [5.41, 5.74) is 5.32. The van der Waals surface area contributed by atoms with Gasteiger partial charge in [-0.25, -0.2) is 4.98 Å². The topological polar surface area (TPSA) is 67.2 Å². The normalized spacial score (nSPS) is 15.4. The molecule has 1 aromatic heterocycles. The Morgan fingerprint density at radius 3 is 2.92 bits per heavy atom. The molecule has 6 heteroatoms. The van der Waals surface area contributed by atoms with Crippen molar-refractivity contribution in [2.45, 2.75) is 25.2 Å². The average molecular weight is 356 g/mol.